The lowest BCUT2D eigenvalue weighted by molar-refractivity contribution is 0.386. The molecule has 1 N–H and O–H groups in total. The number of thiophene rings is 1. The highest BCUT2D eigenvalue weighted by atomic mass is 32.1. The molecule has 1 aromatic carbocycles. The van der Waals surface area contributed by atoms with Crippen LogP contribution in [-0.4, -0.2) is 16.7 Å². The Morgan fingerprint density at radius 1 is 1.35 bits per heavy atom. The van der Waals surface area contributed by atoms with Crippen LogP contribution in [-0.2, 0) is 6.42 Å². The minimum atomic E-state index is 0.334. The third kappa shape index (κ3) is 2.89. The maximum Gasteiger partial charge on any atom is 0.223 e. The molecule has 0 fully saturated rings. The Kier molecular flexibility index (Phi) is 3.80. The van der Waals surface area contributed by atoms with Crippen molar-refractivity contribution in [2.75, 3.05) is 6.54 Å². The molecule has 20 heavy (non-hydrogen) atoms. The Hall–Kier alpha value is -1.72. The summed E-state index contributed by atoms with van der Waals surface area (Å²) in [6, 6.07) is 11.1. The molecule has 5 heteroatoms. The van der Waals surface area contributed by atoms with Gasteiger partial charge in [-0.3, -0.25) is 0 Å². The van der Waals surface area contributed by atoms with E-state index in [1.807, 2.05) is 18.3 Å². The fourth-order valence-electron chi connectivity index (χ4n) is 2.16. The first kappa shape index (κ1) is 13.3. The van der Waals surface area contributed by atoms with Gasteiger partial charge >= 0.3 is 0 Å². The summed E-state index contributed by atoms with van der Waals surface area (Å²) < 4.78 is 6.30. The molecule has 0 bridgehead atoms. The van der Waals surface area contributed by atoms with E-state index in [2.05, 4.69) is 52.7 Å². The molecule has 4 nitrogen and oxygen atoms in total. The minimum absolute atomic E-state index is 0.334. The summed E-state index contributed by atoms with van der Waals surface area (Å²) in [6.07, 6.45) is 0.784. The zero-order chi connectivity index (χ0) is 13.9. The number of hydrogen-bond donors (Lipinski definition) is 1. The van der Waals surface area contributed by atoms with E-state index in [1.54, 1.807) is 0 Å². The summed E-state index contributed by atoms with van der Waals surface area (Å²) >= 11 is 1.84. The Bertz CT molecular complexity index is 671. The second-order valence-electron chi connectivity index (χ2n) is 4.84. The van der Waals surface area contributed by atoms with Gasteiger partial charge in [0.2, 0.25) is 5.89 Å². The van der Waals surface area contributed by atoms with Crippen LogP contribution in [0.1, 0.15) is 29.6 Å². The molecule has 1 atom stereocenters. The lowest BCUT2D eigenvalue weighted by Gasteiger charge is -2.10. The van der Waals surface area contributed by atoms with Gasteiger partial charge in [-0.2, -0.15) is 4.98 Å². The van der Waals surface area contributed by atoms with Crippen LogP contribution in [0.3, 0.4) is 0 Å². The molecule has 2 heterocycles. The average Bonchev–Trinajstić information content (AvgIpc) is 3.04. The molecule has 0 amide bonds. The summed E-state index contributed by atoms with van der Waals surface area (Å²) in [6.45, 7) is 4.84. The highest BCUT2D eigenvalue weighted by Gasteiger charge is 2.09. The molecule has 0 aliphatic carbocycles. The smallest absolute Gasteiger partial charge is 0.223 e. The van der Waals surface area contributed by atoms with E-state index < -0.39 is 0 Å². The summed E-state index contributed by atoms with van der Waals surface area (Å²) in [4.78, 5) is 5.56. The van der Waals surface area contributed by atoms with E-state index in [0.29, 0.717) is 11.9 Å². The van der Waals surface area contributed by atoms with Crippen molar-refractivity contribution in [3.05, 3.63) is 46.9 Å². The monoisotopic (exact) mass is 287 g/mol. The standard InChI is InChI=1S/C15H17N3OS/c1-10(16-8-7-15-17-11(2)19-18-15)14-9-12-5-3-4-6-13(12)20-14/h3-6,9-10,16H,7-8H2,1-2H3. The van der Waals surface area contributed by atoms with Crippen LogP contribution in [0.4, 0.5) is 0 Å². The molecular formula is C15H17N3OS. The normalized spacial score (nSPS) is 12.9. The molecular weight excluding hydrogens is 270 g/mol. The fraction of sp³-hybridized carbons (Fsp3) is 0.333. The van der Waals surface area contributed by atoms with Crippen molar-refractivity contribution in [1.29, 1.82) is 0 Å². The molecule has 1 unspecified atom stereocenters. The first-order chi connectivity index (χ1) is 9.72. The second-order valence-corrected chi connectivity index (χ2v) is 5.96. The maximum atomic E-state index is 4.96. The van der Waals surface area contributed by atoms with Gasteiger partial charge in [-0.1, -0.05) is 23.4 Å². The number of benzene rings is 1. The SMILES string of the molecule is Cc1nc(CCNC(C)c2cc3ccccc3s2)no1. The van der Waals surface area contributed by atoms with Gasteiger partial charge in [-0.15, -0.1) is 11.3 Å². The first-order valence-electron chi connectivity index (χ1n) is 6.73. The topological polar surface area (TPSA) is 51.0 Å². The number of aryl methyl sites for hydroxylation is 1. The molecule has 0 aliphatic heterocycles. The molecule has 0 saturated heterocycles. The lowest BCUT2D eigenvalue weighted by Crippen LogP contribution is -2.20. The van der Waals surface area contributed by atoms with Gasteiger partial charge < -0.3 is 9.84 Å². The van der Waals surface area contributed by atoms with Crippen molar-refractivity contribution in [1.82, 2.24) is 15.5 Å². The largest absolute Gasteiger partial charge is 0.340 e. The number of fused-ring (bicyclic) bond motifs is 1. The second kappa shape index (κ2) is 5.73. The van der Waals surface area contributed by atoms with Crippen LogP contribution in [0.5, 0.6) is 0 Å². The summed E-state index contributed by atoms with van der Waals surface area (Å²) in [5.41, 5.74) is 0. The van der Waals surface area contributed by atoms with E-state index in [-0.39, 0.29) is 0 Å². The van der Waals surface area contributed by atoms with Crippen molar-refractivity contribution in [2.24, 2.45) is 0 Å². The molecule has 0 spiro atoms. The molecule has 0 saturated carbocycles. The predicted molar refractivity (Wildman–Crippen MR) is 81.0 cm³/mol. The van der Waals surface area contributed by atoms with Crippen LogP contribution in [0.2, 0.25) is 0 Å². The molecule has 0 aliphatic rings. The molecule has 3 aromatic rings. The molecule has 104 valence electrons. The summed E-state index contributed by atoms with van der Waals surface area (Å²) in [5.74, 6) is 1.39. The van der Waals surface area contributed by atoms with Crippen molar-refractivity contribution in [2.45, 2.75) is 26.3 Å². The van der Waals surface area contributed by atoms with Gasteiger partial charge in [0, 0.05) is 35.5 Å². The quantitative estimate of drug-likeness (QED) is 0.780. The minimum Gasteiger partial charge on any atom is -0.340 e. The van der Waals surface area contributed by atoms with Crippen LogP contribution in [0.25, 0.3) is 10.1 Å². The van der Waals surface area contributed by atoms with E-state index in [9.17, 15) is 0 Å². The van der Waals surface area contributed by atoms with Crippen molar-refractivity contribution in [3.8, 4) is 0 Å². The van der Waals surface area contributed by atoms with Gasteiger partial charge in [0.1, 0.15) is 0 Å². The van der Waals surface area contributed by atoms with Gasteiger partial charge in [0.15, 0.2) is 5.82 Å². The number of rotatable bonds is 5. The van der Waals surface area contributed by atoms with Crippen molar-refractivity contribution >= 4 is 21.4 Å². The number of nitrogens with zero attached hydrogens (tertiary/aromatic N) is 2. The van der Waals surface area contributed by atoms with Crippen LogP contribution >= 0.6 is 11.3 Å². The average molecular weight is 287 g/mol. The Balaban J connectivity index is 1.59. The third-order valence-corrected chi connectivity index (χ3v) is 4.54. The predicted octanol–water partition coefficient (Wildman–Crippen LogP) is 3.49. The number of aromatic nitrogens is 2. The summed E-state index contributed by atoms with van der Waals surface area (Å²) in [5, 5.41) is 8.72. The number of hydrogen-bond acceptors (Lipinski definition) is 5. The zero-order valence-corrected chi connectivity index (χ0v) is 12.4. The van der Waals surface area contributed by atoms with Crippen LogP contribution in [0, 0.1) is 6.92 Å². The Morgan fingerprint density at radius 2 is 2.20 bits per heavy atom. The molecule has 2 aromatic heterocycles. The van der Waals surface area contributed by atoms with Gasteiger partial charge in [-0.25, -0.2) is 0 Å². The number of nitrogens with one attached hydrogen (secondary N) is 1. The maximum absolute atomic E-state index is 4.96. The van der Waals surface area contributed by atoms with Gasteiger partial charge in [-0.05, 0) is 24.4 Å². The molecule has 0 radical (unpaired) electrons. The Morgan fingerprint density at radius 3 is 2.95 bits per heavy atom. The first-order valence-corrected chi connectivity index (χ1v) is 7.55. The van der Waals surface area contributed by atoms with Crippen LogP contribution < -0.4 is 5.32 Å². The van der Waals surface area contributed by atoms with Crippen molar-refractivity contribution < 1.29 is 4.52 Å². The Labute approximate surface area is 121 Å². The van der Waals surface area contributed by atoms with E-state index in [4.69, 9.17) is 4.52 Å². The highest BCUT2D eigenvalue weighted by molar-refractivity contribution is 7.19. The van der Waals surface area contributed by atoms with E-state index in [1.165, 1.54) is 15.0 Å². The van der Waals surface area contributed by atoms with Crippen LogP contribution in [0.15, 0.2) is 34.9 Å². The fourth-order valence-corrected chi connectivity index (χ4v) is 3.25. The highest BCUT2D eigenvalue weighted by Crippen LogP contribution is 2.29. The van der Waals surface area contributed by atoms with E-state index in [0.717, 1.165) is 18.8 Å². The molecule has 3 rings (SSSR count). The van der Waals surface area contributed by atoms with Crippen molar-refractivity contribution in [3.63, 3.8) is 0 Å². The zero-order valence-electron chi connectivity index (χ0n) is 11.6. The van der Waals surface area contributed by atoms with E-state index >= 15 is 0 Å². The van der Waals surface area contributed by atoms with Gasteiger partial charge in [0.05, 0.1) is 0 Å². The third-order valence-electron chi connectivity index (χ3n) is 3.24. The summed E-state index contributed by atoms with van der Waals surface area (Å²) in [7, 11) is 0. The van der Waals surface area contributed by atoms with Gasteiger partial charge in [0.25, 0.3) is 0 Å². The lowest BCUT2D eigenvalue weighted by atomic mass is 10.2.